The third-order valence-electron chi connectivity index (χ3n) is 1.11. The van der Waals surface area contributed by atoms with E-state index in [1.54, 1.807) is 0 Å². The lowest BCUT2D eigenvalue weighted by atomic mass is 10.3. The van der Waals surface area contributed by atoms with Gasteiger partial charge in [0, 0.05) is 11.8 Å². The Morgan fingerprint density at radius 2 is 2.12 bits per heavy atom. The lowest BCUT2D eigenvalue weighted by Crippen LogP contribution is -2.27. The van der Waals surface area contributed by atoms with Crippen LogP contribution in [0.15, 0.2) is 0 Å². The maximum absolute atomic E-state index is 4.13. The van der Waals surface area contributed by atoms with Crippen molar-refractivity contribution in [2.24, 2.45) is 0 Å². The van der Waals surface area contributed by atoms with Crippen molar-refractivity contribution in [2.45, 2.75) is 12.5 Å². The van der Waals surface area contributed by atoms with Crippen LogP contribution in [0.4, 0.5) is 0 Å². The summed E-state index contributed by atoms with van der Waals surface area (Å²) in [5.74, 6) is 1.84. The quantitative estimate of drug-likeness (QED) is 0.506. The fourth-order valence-electron chi connectivity index (χ4n) is 0.483. The van der Waals surface area contributed by atoms with Crippen molar-refractivity contribution in [2.75, 3.05) is 18.6 Å². The Morgan fingerprint density at radius 1 is 1.50 bits per heavy atom. The molecule has 0 radical (unpaired) electrons. The molecule has 0 saturated heterocycles. The number of hydrogen-bond donors (Lipinski definition) is 3. The minimum Gasteiger partial charge on any atom is -0.316 e. The molecule has 0 aromatic heterocycles. The Bertz CT molecular complexity index is 45.7. The molecule has 1 unspecified atom stereocenters. The first-order valence-corrected chi connectivity index (χ1v) is 4.00. The molecule has 0 aliphatic rings. The lowest BCUT2D eigenvalue weighted by molar-refractivity contribution is 0.608. The molecule has 0 fully saturated rings. The molecule has 0 aliphatic carbocycles. The molecule has 0 aromatic rings. The minimum atomic E-state index is 0.538. The predicted molar refractivity (Wildman–Crippen MR) is 45.2 cm³/mol. The number of thiol groups is 2. The van der Waals surface area contributed by atoms with E-state index < -0.39 is 0 Å². The maximum atomic E-state index is 4.13. The maximum Gasteiger partial charge on any atom is 0.0160 e. The van der Waals surface area contributed by atoms with Crippen LogP contribution in [0, 0.1) is 0 Å². The summed E-state index contributed by atoms with van der Waals surface area (Å²) in [5, 5.41) is 3.13. The summed E-state index contributed by atoms with van der Waals surface area (Å²) >= 11 is 8.23. The van der Waals surface area contributed by atoms with Crippen LogP contribution in [0.5, 0.6) is 0 Å². The molecular formula is C5H13NS2. The van der Waals surface area contributed by atoms with Crippen molar-refractivity contribution in [1.82, 2.24) is 5.32 Å². The first kappa shape index (κ1) is 8.66. The van der Waals surface area contributed by atoms with E-state index in [2.05, 4.69) is 30.6 Å². The Kier molecular flexibility index (Phi) is 6.27. The normalized spacial score (nSPS) is 13.9. The zero-order valence-electron chi connectivity index (χ0n) is 5.09. The monoisotopic (exact) mass is 151 g/mol. The molecule has 3 heteroatoms. The van der Waals surface area contributed by atoms with E-state index in [1.807, 2.05) is 7.05 Å². The van der Waals surface area contributed by atoms with Gasteiger partial charge in [0.2, 0.25) is 0 Å². The molecule has 0 heterocycles. The van der Waals surface area contributed by atoms with E-state index in [-0.39, 0.29) is 0 Å². The first-order valence-electron chi connectivity index (χ1n) is 2.74. The highest BCUT2D eigenvalue weighted by Gasteiger charge is 1.98. The van der Waals surface area contributed by atoms with Gasteiger partial charge in [0.25, 0.3) is 0 Å². The van der Waals surface area contributed by atoms with Crippen molar-refractivity contribution in [3.05, 3.63) is 0 Å². The summed E-state index contributed by atoms with van der Waals surface area (Å²) in [5.41, 5.74) is 0. The van der Waals surface area contributed by atoms with Crippen molar-refractivity contribution in [3.8, 4) is 0 Å². The molecule has 0 bridgehead atoms. The fraction of sp³-hybridized carbons (Fsp3) is 1.00. The van der Waals surface area contributed by atoms with Gasteiger partial charge in [-0.15, -0.1) is 0 Å². The molecule has 1 atom stereocenters. The van der Waals surface area contributed by atoms with Gasteiger partial charge < -0.3 is 5.32 Å². The van der Waals surface area contributed by atoms with E-state index in [4.69, 9.17) is 0 Å². The fourth-order valence-corrected chi connectivity index (χ4v) is 1.16. The van der Waals surface area contributed by atoms with Crippen LogP contribution in [0.1, 0.15) is 6.42 Å². The van der Waals surface area contributed by atoms with Crippen LogP contribution in [0.2, 0.25) is 0 Å². The molecule has 1 nitrogen and oxygen atoms in total. The third kappa shape index (κ3) is 3.64. The summed E-state index contributed by atoms with van der Waals surface area (Å²) in [4.78, 5) is 0. The highest BCUT2D eigenvalue weighted by atomic mass is 32.1. The minimum absolute atomic E-state index is 0.538. The first-order chi connectivity index (χ1) is 3.85. The van der Waals surface area contributed by atoms with Gasteiger partial charge in [-0.1, -0.05) is 0 Å². The topological polar surface area (TPSA) is 12.0 Å². The van der Waals surface area contributed by atoms with E-state index in [9.17, 15) is 0 Å². The molecule has 0 spiro atoms. The van der Waals surface area contributed by atoms with Crippen molar-refractivity contribution in [1.29, 1.82) is 0 Å². The SMILES string of the molecule is CNC(CS)CCS. The van der Waals surface area contributed by atoms with Gasteiger partial charge in [-0.3, -0.25) is 0 Å². The lowest BCUT2D eigenvalue weighted by Gasteiger charge is -2.09. The van der Waals surface area contributed by atoms with Gasteiger partial charge in [-0.25, -0.2) is 0 Å². The van der Waals surface area contributed by atoms with Gasteiger partial charge in [0.05, 0.1) is 0 Å². The van der Waals surface area contributed by atoms with Gasteiger partial charge in [-0.05, 0) is 19.2 Å². The molecule has 50 valence electrons. The second kappa shape index (κ2) is 5.79. The Morgan fingerprint density at radius 3 is 2.25 bits per heavy atom. The van der Waals surface area contributed by atoms with E-state index in [0.717, 1.165) is 17.9 Å². The highest BCUT2D eigenvalue weighted by Crippen LogP contribution is 1.94. The second-order valence-electron chi connectivity index (χ2n) is 1.68. The second-order valence-corrected chi connectivity index (χ2v) is 2.49. The van der Waals surface area contributed by atoms with E-state index in [0.29, 0.717) is 6.04 Å². The van der Waals surface area contributed by atoms with Crippen LogP contribution < -0.4 is 5.32 Å². The standard InChI is InChI=1S/C5H13NS2/c1-6-5(4-8)2-3-7/h5-8H,2-4H2,1H3. The summed E-state index contributed by atoms with van der Waals surface area (Å²) in [6, 6.07) is 0.538. The van der Waals surface area contributed by atoms with Crippen molar-refractivity contribution in [3.63, 3.8) is 0 Å². The average molecular weight is 151 g/mol. The molecule has 0 amide bonds. The van der Waals surface area contributed by atoms with Crippen LogP contribution in [0.25, 0.3) is 0 Å². The summed E-state index contributed by atoms with van der Waals surface area (Å²) in [7, 11) is 1.95. The smallest absolute Gasteiger partial charge is 0.0160 e. The predicted octanol–water partition coefficient (Wildman–Crippen LogP) is 0.824. The average Bonchev–Trinajstić information content (AvgIpc) is 1.83. The Hall–Kier alpha value is 0.660. The van der Waals surface area contributed by atoms with Crippen LogP contribution in [0.3, 0.4) is 0 Å². The number of rotatable bonds is 4. The molecule has 0 aliphatic heterocycles. The Balaban J connectivity index is 3.07. The number of nitrogens with one attached hydrogen (secondary N) is 1. The van der Waals surface area contributed by atoms with E-state index >= 15 is 0 Å². The molecular weight excluding hydrogens is 138 g/mol. The molecule has 0 rings (SSSR count). The zero-order valence-corrected chi connectivity index (χ0v) is 6.88. The van der Waals surface area contributed by atoms with Crippen molar-refractivity contribution >= 4 is 25.3 Å². The van der Waals surface area contributed by atoms with Crippen LogP contribution in [-0.4, -0.2) is 24.6 Å². The molecule has 0 aromatic carbocycles. The molecule has 8 heavy (non-hydrogen) atoms. The van der Waals surface area contributed by atoms with Gasteiger partial charge in [0.15, 0.2) is 0 Å². The molecule has 0 saturated carbocycles. The van der Waals surface area contributed by atoms with Crippen molar-refractivity contribution < 1.29 is 0 Å². The number of hydrogen-bond acceptors (Lipinski definition) is 3. The third-order valence-corrected chi connectivity index (χ3v) is 1.81. The van der Waals surface area contributed by atoms with Gasteiger partial charge in [-0.2, -0.15) is 25.3 Å². The zero-order chi connectivity index (χ0) is 6.41. The van der Waals surface area contributed by atoms with Crippen LogP contribution in [-0.2, 0) is 0 Å². The highest BCUT2D eigenvalue weighted by molar-refractivity contribution is 7.80. The summed E-state index contributed by atoms with van der Waals surface area (Å²) in [6.07, 6.45) is 1.10. The van der Waals surface area contributed by atoms with Gasteiger partial charge in [0.1, 0.15) is 0 Å². The van der Waals surface area contributed by atoms with Gasteiger partial charge >= 0.3 is 0 Å². The Labute approximate surface area is 62.1 Å². The summed E-state index contributed by atoms with van der Waals surface area (Å²) < 4.78 is 0. The van der Waals surface area contributed by atoms with Crippen LogP contribution >= 0.6 is 25.3 Å². The largest absolute Gasteiger partial charge is 0.316 e. The summed E-state index contributed by atoms with van der Waals surface area (Å²) in [6.45, 7) is 0. The van der Waals surface area contributed by atoms with E-state index in [1.165, 1.54) is 0 Å². The molecule has 1 N–H and O–H groups in total.